The molecule has 0 fully saturated rings. The van der Waals surface area contributed by atoms with Crippen molar-refractivity contribution >= 4 is 18.7 Å². The second-order valence-electron chi connectivity index (χ2n) is 10.8. The monoisotopic (exact) mass is 514 g/mol. The fourth-order valence-corrected chi connectivity index (χ4v) is 4.91. The van der Waals surface area contributed by atoms with E-state index >= 15 is 0 Å². The highest BCUT2D eigenvalue weighted by Crippen LogP contribution is 2.31. The number of nitrogens with one attached hydrogen (secondary N) is 1. The van der Waals surface area contributed by atoms with Crippen LogP contribution in [0.15, 0.2) is 78.9 Å². The number of ether oxygens (including phenoxy) is 2. The second-order valence-corrected chi connectivity index (χ2v) is 10.8. The van der Waals surface area contributed by atoms with Crippen LogP contribution in [0.1, 0.15) is 43.6 Å². The summed E-state index contributed by atoms with van der Waals surface area (Å²) >= 11 is 0. The molecule has 2 aliphatic rings. The molecular formula is C30H35BN2O5. The van der Waals surface area contributed by atoms with Crippen LogP contribution in [0.2, 0.25) is 0 Å². The molecule has 198 valence electrons. The van der Waals surface area contributed by atoms with Gasteiger partial charge >= 0.3 is 13.2 Å². The number of nitrogens with zero attached hydrogens (tertiary/aromatic N) is 1. The maximum Gasteiger partial charge on any atom is 0.498 e. The van der Waals surface area contributed by atoms with E-state index in [4.69, 9.17) is 18.8 Å². The number of alkyl carbamates (subject to hydrolysis) is 1. The van der Waals surface area contributed by atoms with Gasteiger partial charge in [0.15, 0.2) is 0 Å². The molecule has 38 heavy (non-hydrogen) atoms. The third kappa shape index (κ3) is 6.75. The van der Waals surface area contributed by atoms with Gasteiger partial charge in [-0.1, -0.05) is 72.8 Å². The maximum absolute atomic E-state index is 12.2. The lowest BCUT2D eigenvalue weighted by molar-refractivity contribution is 0.0446. The Morgan fingerprint density at radius 1 is 0.947 bits per heavy atom. The van der Waals surface area contributed by atoms with Crippen LogP contribution in [0, 0.1) is 0 Å². The zero-order valence-corrected chi connectivity index (χ0v) is 22.3. The Morgan fingerprint density at radius 2 is 1.61 bits per heavy atom. The molecule has 0 aromatic heterocycles. The van der Waals surface area contributed by atoms with E-state index in [1.54, 1.807) is 0 Å². The summed E-state index contributed by atoms with van der Waals surface area (Å²) < 4.78 is 24.5. The average molecular weight is 514 g/mol. The molecule has 5 rings (SSSR count). The standard InChI is InChI=1S/C30H35BN2O5/c1-30(2,3)36-29(34)32-17-27-25-15-10-16-26-28(25)31(38-27)37-24(21-35-26)20-33(18-22-11-6-4-7-12-22)19-23-13-8-5-9-14-23/h4-16,24,27H,17-21H2,1-3H3,(H,32,34)/t24-,27?/m1/s1. The fraction of sp³-hybridized carbons (Fsp3) is 0.367. The first-order valence-corrected chi connectivity index (χ1v) is 13.2. The lowest BCUT2D eigenvalue weighted by Gasteiger charge is -2.28. The van der Waals surface area contributed by atoms with Crippen LogP contribution in [0.25, 0.3) is 0 Å². The highest BCUT2D eigenvalue weighted by molar-refractivity contribution is 6.64. The summed E-state index contributed by atoms with van der Waals surface area (Å²) in [7, 11) is -0.561. The molecule has 0 radical (unpaired) electrons. The minimum Gasteiger partial charge on any atom is -0.491 e. The van der Waals surface area contributed by atoms with Crippen molar-refractivity contribution in [1.29, 1.82) is 0 Å². The number of benzene rings is 3. The summed E-state index contributed by atoms with van der Waals surface area (Å²) in [5.41, 5.74) is 3.80. The van der Waals surface area contributed by atoms with Gasteiger partial charge in [0.1, 0.15) is 18.0 Å². The first kappa shape index (κ1) is 26.3. The number of hydrogen-bond donors (Lipinski definition) is 1. The molecule has 3 aromatic carbocycles. The molecule has 2 atom stereocenters. The highest BCUT2D eigenvalue weighted by atomic mass is 16.6. The number of carbonyl (C=O) groups is 1. The predicted molar refractivity (Wildman–Crippen MR) is 147 cm³/mol. The summed E-state index contributed by atoms with van der Waals surface area (Å²) in [5.74, 6) is 0.771. The molecule has 0 aliphatic carbocycles. The molecule has 3 aromatic rings. The number of hydrogen-bond acceptors (Lipinski definition) is 6. The summed E-state index contributed by atoms with van der Waals surface area (Å²) in [6.07, 6.45) is -1.03. The SMILES string of the molecule is CC(C)(C)OC(=O)NCC1OB2O[C@H](CN(Cc3ccccc3)Cc3ccccc3)COc3cccc1c32. The number of carbonyl (C=O) groups excluding carboxylic acids is 1. The van der Waals surface area contributed by atoms with Crippen molar-refractivity contribution in [2.75, 3.05) is 19.7 Å². The van der Waals surface area contributed by atoms with E-state index < -0.39 is 18.8 Å². The van der Waals surface area contributed by atoms with Gasteiger partial charge in [-0.05, 0) is 43.5 Å². The molecule has 2 heterocycles. The Kier molecular flexibility index (Phi) is 8.02. The Hall–Kier alpha value is -3.33. The first-order chi connectivity index (χ1) is 18.3. The third-order valence-electron chi connectivity index (χ3n) is 6.50. The van der Waals surface area contributed by atoms with Crippen LogP contribution in [0.3, 0.4) is 0 Å². The maximum atomic E-state index is 12.2. The van der Waals surface area contributed by atoms with E-state index in [0.717, 1.165) is 29.9 Å². The van der Waals surface area contributed by atoms with E-state index in [2.05, 4.69) is 58.7 Å². The van der Waals surface area contributed by atoms with Gasteiger partial charge in [-0.3, -0.25) is 4.90 Å². The molecule has 0 spiro atoms. The number of rotatable bonds is 8. The van der Waals surface area contributed by atoms with Crippen LogP contribution in [0.4, 0.5) is 4.79 Å². The van der Waals surface area contributed by atoms with Crippen LogP contribution >= 0.6 is 0 Å². The largest absolute Gasteiger partial charge is 0.498 e. The smallest absolute Gasteiger partial charge is 0.491 e. The molecule has 1 N–H and O–H groups in total. The quantitative estimate of drug-likeness (QED) is 0.448. The van der Waals surface area contributed by atoms with Crippen molar-refractivity contribution in [3.63, 3.8) is 0 Å². The summed E-state index contributed by atoms with van der Waals surface area (Å²) in [4.78, 5) is 14.6. The highest BCUT2D eigenvalue weighted by Gasteiger charge is 2.43. The van der Waals surface area contributed by atoms with Gasteiger partial charge in [-0.2, -0.15) is 0 Å². The Labute approximate surface area is 225 Å². The topological polar surface area (TPSA) is 69.3 Å². The molecule has 7 nitrogen and oxygen atoms in total. The molecule has 0 bridgehead atoms. The summed E-state index contributed by atoms with van der Waals surface area (Å²) in [5, 5.41) is 2.83. The van der Waals surface area contributed by atoms with E-state index in [0.29, 0.717) is 13.2 Å². The van der Waals surface area contributed by atoms with Crippen LogP contribution in [-0.2, 0) is 27.1 Å². The second kappa shape index (κ2) is 11.6. The van der Waals surface area contributed by atoms with Gasteiger partial charge in [0.25, 0.3) is 0 Å². The van der Waals surface area contributed by atoms with E-state index in [-0.39, 0.29) is 18.8 Å². The minimum absolute atomic E-state index is 0.203. The van der Waals surface area contributed by atoms with Crippen LogP contribution < -0.4 is 15.5 Å². The van der Waals surface area contributed by atoms with Crippen molar-refractivity contribution < 1.29 is 23.6 Å². The van der Waals surface area contributed by atoms with Crippen molar-refractivity contribution in [3.8, 4) is 5.75 Å². The summed E-state index contributed by atoms with van der Waals surface area (Å²) in [6.45, 7) is 8.49. The minimum atomic E-state index is -0.565. The molecule has 2 aliphatic heterocycles. The summed E-state index contributed by atoms with van der Waals surface area (Å²) in [6, 6.07) is 26.8. The Balaban J connectivity index is 1.28. The Morgan fingerprint density at radius 3 is 2.24 bits per heavy atom. The van der Waals surface area contributed by atoms with Gasteiger partial charge < -0.3 is 24.1 Å². The Bertz CT molecular complexity index is 1180. The van der Waals surface area contributed by atoms with Gasteiger partial charge in [0, 0.05) is 31.6 Å². The zero-order chi connectivity index (χ0) is 26.5. The van der Waals surface area contributed by atoms with Crippen molar-refractivity contribution in [2.24, 2.45) is 0 Å². The fourth-order valence-electron chi connectivity index (χ4n) is 4.91. The van der Waals surface area contributed by atoms with Crippen LogP contribution in [-0.4, -0.2) is 49.5 Å². The molecule has 1 unspecified atom stereocenters. The molecule has 0 saturated heterocycles. The average Bonchev–Trinajstić information content (AvgIpc) is 3.14. The van der Waals surface area contributed by atoms with E-state index in [9.17, 15) is 4.79 Å². The third-order valence-corrected chi connectivity index (χ3v) is 6.50. The molecule has 8 heteroatoms. The van der Waals surface area contributed by atoms with Gasteiger partial charge in [0.05, 0.1) is 12.2 Å². The molecule has 1 amide bonds. The van der Waals surface area contributed by atoms with Gasteiger partial charge in [0.2, 0.25) is 0 Å². The van der Waals surface area contributed by atoms with Gasteiger partial charge in [-0.15, -0.1) is 0 Å². The van der Waals surface area contributed by atoms with Crippen molar-refractivity contribution in [3.05, 3.63) is 95.6 Å². The van der Waals surface area contributed by atoms with E-state index in [1.807, 2.05) is 51.1 Å². The molecular weight excluding hydrogens is 479 g/mol. The van der Waals surface area contributed by atoms with Gasteiger partial charge in [-0.25, -0.2) is 4.79 Å². The normalized spacial score (nSPS) is 18.5. The van der Waals surface area contributed by atoms with Crippen molar-refractivity contribution in [2.45, 2.75) is 51.7 Å². The lowest BCUT2D eigenvalue weighted by Crippen LogP contribution is -2.41. The predicted octanol–water partition coefficient (Wildman–Crippen LogP) is 4.46. The number of amides is 1. The van der Waals surface area contributed by atoms with Crippen molar-refractivity contribution in [1.82, 2.24) is 10.2 Å². The lowest BCUT2D eigenvalue weighted by atomic mass is 9.77. The molecule has 0 saturated carbocycles. The van der Waals surface area contributed by atoms with Crippen LogP contribution in [0.5, 0.6) is 5.75 Å². The van der Waals surface area contributed by atoms with E-state index in [1.165, 1.54) is 11.1 Å². The zero-order valence-electron chi connectivity index (χ0n) is 22.3. The first-order valence-electron chi connectivity index (χ1n) is 13.2.